The number of nitrogens with zero attached hydrogens (tertiary/aromatic N) is 2. The van der Waals surface area contributed by atoms with E-state index in [-0.39, 0.29) is 11.8 Å². The molecule has 0 aromatic rings. The molecule has 5 heteroatoms. The minimum atomic E-state index is -0.00288. The van der Waals surface area contributed by atoms with Crippen molar-refractivity contribution >= 4 is 11.8 Å². The Morgan fingerprint density at radius 3 is 2.50 bits per heavy atom. The van der Waals surface area contributed by atoms with Gasteiger partial charge in [0.1, 0.15) is 0 Å². The van der Waals surface area contributed by atoms with E-state index < -0.39 is 0 Å². The number of hydrogen-bond acceptors (Lipinski definition) is 4. The summed E-state index contributed by atoms with van der Waals surface area (Å²) >= 11 is 0. The number of carbonyl (C=O) groups excluding carboxylic acids is 2. The van der Waals surface area contributed by atoms with Crippen LogP contribution < -0.4 is 5.32 Å². The van der Waals surface area contributed by atoms with E-state index in [0.29, 0.717) is 25.6 Å². The lowest BCUT2D eigenvalue weighted by molar-refractivity contribution is -0.142. The molecule has 0 spiro atoms. The summed E-state index contributed by atoms with van der Waals surface area (Å²) < 4.78 is 0. The molecule has 2 amide bonds. The van der Waals surface area contributed by atoms with Crippen LogP contribution in [0.25, 0.3) is 0 Å². The molecule has 20 heavy (non-hydrogen) atoms. The molecule has 3 aliphatic rings. The van der Waals surface area contributed by atoms with Crippen molar-refractivity contribution in [3.05, 3.63) is 0 Å². The first-order valence-electron chi connectivity index (χ1n) is 8.01. The topological polar surface area (TPSA) is 52.7 Å². The molecule has 1 aliphatic carbocycles. The van der Waals surface area contributed by atoms with Crippen LogP contribution in [0.5, 0.6) is 0 Å². The minimum absolute atomic E-state index is 0.00288. The second-order valence-corrected chi connectivity index (χ2v) is 6.44. The molecule has 5 nitrogen and oxygen atoms in total. The van der Waals surface area contributed by atoms with Crippen LogP contribution in [0, 0.1) is 5.92 Å². The maximum Gasteiger partial charge on any atom is 0.243 e. The molecule has 2 aliphatic heterocycles. The molecule has 0 radical (unpaired) electrons. The van der Waals surface area contributed by atoms with Crippen molar-refractivity contribution in [2.24, 2.45) is 5.92 Å². The van der Waals surface area contributed by atoms with Gasteiger partial charge in [-0.1, -0.05) is 0 Å². The second-order valence-electron chi connectivity index (χ2n) is 6.44. The highest BCUT2D eigenvalue weighted by atomic mass is 16.2. The third-order valence-corrected chi connectivity index (χ3v) is 4.71. The van der Waals surface area contributed by atoms with E-state index in [9.17, 15) is 9.59 Å². The molecule has 0 aromatic carbocycles. The first-order chi connectivity index (χ1) is 9.72. The Morgan fingerprint density at radius 2 is 1.90 bits per heavy atom. The van der Waals surface area contributed by atoms with Crippen molar-refractivity contribution in [3.63, 3.8) is 0 Å². The molecule has 0 atom stereocenters. The Hall–Kier alpha value is -0.940. The van der Waals surface area contributed by atoms with E-state index in [1.54, 1.807) is 0 Å². The predicted molar refractivity (Wildman–Crippen MR) is 76.1 cm³/mol. The van der Waals surface area contributed by atoms with Gasteiger partial charge >= 0.3 is 0 Å². The second kappa shape index (κ2) is 6.22. The summed E-state index contributed by atoms with van der Waals surface area (Å²) in [5.41, 5.74) is 0. The van der Waals surface area contributed by atoms with E-state index in [2.05, 4.69) is 10.2 Å². The molecule has 112 valence electrons. The van der Waals surface area contributed by atoms with E-state index in [4.69, 9.17) is 0 Å². The number of nitrogens with one attached hydrogen (secondary N) is 1. The summed E-state index contributed by atoms with van der Waals surface area (Å²) in [5, 5.41) is 3.64. The van der Waals surface area contributed by atoms with Crippen LogP contribution in [0.3, 0.4) is 0 Å². The third kappa shape index (κ3) is 3.58. The number of rotatable bonds is 5. The van der Waals surface area contributed by atoms with Gasteiger partial charge in [0.15, 0.2) is 0 Å². The molecule has 0 aromatic heterocycles. The van der Waals surface area contributed by atoms with Crippen molar-refractivity contribution in [1.29, 1.82) is 0 Å². The van der Waals surface area contributed by atoms with Gasteiger partial charge in [-0.3, -0.25) is 19.4 Å². The first-order valence-corrected chi connectivity index (χ1v) is 8.01. The van der Waals surface area contributed by atoms with E-state index in [1.165, 1.54) is 24.3 Å². The lowest BCUT2D eigenvalue weighted by atomic mass is 10.0. The Kier molecular flexibility index (Phi) is 4.36. The van der Waals surface area contributed by atoms with Gasteiger partial charge in [0, 0.05) is 32.1 Å². The number of hydrogen-bond donors (Lipinski definition) is 1. The molecule has 0 unspecified atom stereocenters. The molecular weight excluding hydrogens is 254 g/mol. The maximum absolute atomic E-state index is 12.1. The highest BCUT2D eigenvalue weighted by Crippen LogP contribution is 2.28. The van der Waals surface area contributed by atoms with Crippen LogP contribution in [0.4, 0.5) is 0 Å². The third-order valence-electron chi connectivity index (χ3n) is 4.71. The van der Waals surface area contributed by atoms with Gasteiger partial charge in [0.2, 0.25) is 11.8 Å². The molecule has 3 fully saturated rings. The van der Waals surface area contributed by atoms with E-state index >= 15 is 0 Å². The lowest BCUT2D eigenvalue weighted by Crippen LogP contribution is -2.47. The highest BCUT2D eigenvalue weighted by Gasteiger charge is 2.29. The average Bonchev–Trinajstić information content (AvgIpc) is 3.18. The Labute approximate surface area is 120 Å². The number of piperidine rings is 1. The van der Waals surface area contributed by atoms with Crippen LogP contribution in [0.15, 0.2) is 0 Å². The Morgan fingerprint density at radius 1 is 1.15 bits per heavy atom. The fourth-order valence-electron chi connectivity index (χ4n) is 3.14. The predicted octanol–water partition coefficient (Wildman–Crippen LogP) is 0.599. The van der Waals surface area contributed by atoms with Crippen LogP contribution in [0.1, 0.15) is 38.5 Å². The number of amides is 2. The zero-order valence-electron chi connectivity index (χ0n) is 12.1. The number of carbonyl (C=O) groups is 2. The van der Waals surface area contributed by atoms with Crippen molar-refractivity contribution in [2.45, 2.75) is 44.6 Å². The Balaban J connectivity index is 1.37. The summed E-state index contributed by atoms with van der Waals surface area (Å²) in [6.07, 6.45) is 6.40. The Bertz CT molecular complexity index is 373. The quantitative estimate of drug-likeness (QED) is 0.801. The SMILES string of the molecule is O=C1CCCN1C(=O)CN1CCC(NCC2CC2)CC1. The zero-order valence-corrected chi connectivity index (χ0v) is 12.1. The number of likely N-dealkylation sites (tertiary alicyclic amines) is 2. The highest BCUT2D eigenvalue weighted by molar-refractivity contribution is 5.97. The summed E-state index contributed by atoms with van der Waals surface area (Å²) in [6.45, 7) is 4.15. The smallest absolute Gasteiger partial charge is 0.243 e. The standard InChI is InChI=1S/C15H25N3O2/c19-14-2-1-7-18(14)15(20)11-17-8-5-13(6-9-17)16-10-12-3-4-12/h12-13,16H,1-11H2. The van der Waals surface area contributed by atoms with Gasteiger partial charge in [0.05, 0.1) is 6.54 Å². The van der Waals surface area contributed by atoms with Gasteiger partial charge in [-0.05, 0) is 44.6 Å². The summed E-state index contributed by atoms with van der Waals surface area (Å²) in [4.78, 5) is 27.3. The van der Waals surface area contributed by atoms with Gasteiger partial charge in [-0.25, -0.2) is 0 Å². The summed E-state index contributed by atoms with van der Waals surface area (Å²) in [6, 6.07) is 0.621. The summed E-state index contributed by atoms with van der Waals surface area (Å²) in [7, 11) is 0. The van der Waals surface area contributed by atoms with Crippen LogP contribution in [0.2, 0.25) is 0 Å². The molecule has 1 N–H and O–H groups in total. The molecule has 3 rings (SSSR count). The minimum Gasteiger partial charge on any atom is -0.314 e. The van der Waals surface area contributed by atoms with Crippen molar-refractivity contribution in [2.75, 3.05) is 32.7 Å². The number of imide groups is 1. The maximum atomic E-state index is 12.1. The normalized spacial score (nSPS) is 25.4. The van der Waals surface area contributed by atoms with Gasteiger partial charge < -0.3 is 5.32 Å². The molecule has 2 saturated heterocycles. The van der Waals surface area contributed by atoms with Crippen LogP contribution in [-0.2, 0) is 9.59 Å². The first kappa shape index (κ1) is 14.0. The van der Waals surface area contributed by atoms with Crippen LogP contribution in [-0.4, -0.2) is 60.4 Å². The molecule has 0 bridgehead atoms. The van der Waals surface area contributed by atoms with E-state index in [1.807, 2.05) is 0 Å². The van der Waals surface area contributed by atoms with Gasteiger partial charge in [-0.15, -0.1) is 0 Å². The van der Waals surface area contributed by atoms with Gasteiger partial charge in [0.25, 0.3) is 0 Å². The molecular formula is C15H25N3O2. The molecule has 1 saturated carbocycles. The molecule has 2 heterocycles. The monoisotopic (exact) mass is 279 g/mol. The fourth-order valence-corrected chi connectivity index (χ4v) is 3.14. The average molecular weight is 279 g/mol. The largest absolute Gasteiger partial charge is 0.314 e. The van der Waals surface area contributed by atoms with Crippen LogP contribution >= 0.6 is 0 Å². The fraction of sp³-hybridized carbons (Fsp3) is 0.867. The summed E-state index contributed by atoms with van der Waals surface area (Å²) in [5.74, 6) is 0.934. The lowest BCUT2D eigenvalue weighted by Gasteiger charge is -2.32. The van der Waals surface area contributed by atoms with Crippen molar-refractivity contribution in [1.82, 2.24) is 15.1 Å². The van der Waals surface area contributed by atoms with Crippen molar-refractivity contribution in [3.8, 4) is 0 Å². The van der Waals surface area contributed by atoms with E-state index in [0.717, 1.165) is 38.3 Å². The van der Waals surface area contributed by atoms with Crippen molar-refractivity contribution < 1.29 is 9.59 Å². The zero-order chi connectivity index (χ0) is 13.9. The van der Waals surface area contributed by atoms with Gasteiger partial charge in [-0.2, -0.15) is 0 Å².